The third-order valence-corrected chi connectivity index (χ3v) is 2.66. The molecule has 0 aliphatic carbocycles. The first-order valence-electron chi connectivity index (χ1n) is 4.25. The summed E-state index contributed by atoms with van der Waals surface area (Å²) < 4.78 is 2.04. The molecule has 0 radical (unpaired) electrons. The van der Waals surface area contributed by atoms with Gasteiger partial charge in [0, 0.05) is 13.1 Å². The largest absolute Gasteiger partial charge is 0.381 e. The van der Waals surface area contributed by atoms with Crippen molar-refractivity contribution >= 4 is 28.3 Å². The first-order chi connectivity index (χ1) is 6.36. The van der Waals surface area contributed by atoms with E-state index in [1.54, 1.807) is 0 Å². The van der Waals surface area contributed by atoms with Crippen molar-refractivity contribution in [2.75, 3.05) is 11.9 Å². The van der Waals surface area contributed by atoms with Crippen LogP contribution in [0.4, 0.5) is 5.69 Å². The van der Waals surface area contributed by atoms with Gasteiger partial charge < -0.3 is 9.88 Å². The van der Waals surface area contributed by atoms with E-state index in [0.717, 1.165) is 29.8 Å². The van der Waals surface area contributed by atoms with Crippen molar-refractivity contribution in [1.29, 1.82) is 0 Å². The smallest absolute Gasteiger partial charge is 0.203 e. The summed E-state index contributed by atoms with van der Waals surface area (Å²) in [6, 6.07) is 6.02. The number of imidazole rings is 1. The number of anilines is 1. The van der Waals surface area contributed by atoms with E-state index in [-0.39, 0.29) is 0 Å². The average molecular weight is 194 g/mol. The van der Waals surface area contributed by atoms with E-state index in [2.05, 4.69) is 16.4 Å². The van der Waals surface area contributed by atoms with Crippen LogP contribution in [0.2, 0.25) is 5.28 Å². The van der Waals surface area contributed by atoms with Gasteiger partial charge in [-0.1, -0.05) is 6.07 Å². The van der Waals surface area contributed by atoms with Gasteiger partial charge in [0.25, 0.3) is 0 Å². The summed E-state index contributed by atoms with van der Waals surface area (Å²) in [6.07, 6.45) is 0. The molecule has 4 heteroatoms. The number of aromatic nitrogens is 2. The summed E-state index contributed by atoms with van der Waals surface area (Å²) in [5.74, 6) is 0. The second-order valence-corrected chi connectivity index (χ2v) is 3.47. The maximum Gasteiger partial charge on any atom is 0.203 e. The topological polar surface area (TPSA) is 29.9 Å². The predicted octanol–water partition coefficient (Wildman–Crippen LogP) is 2.12. The number of nitrogens with one attached hydrogen (secondary N) is 1. The zero-order valence-corrected chi connectivity index (χ0v) is 7.67. The molecule has 0 bridgehead atoms. The Labute approximate surface area is 80.3 Å². The van der Waals surface area contributed by atoms with Crippen molar-refractivity contribution in [2.45, 2.75) is 6.54 Å². The van der Waals surface area contributed by atoms with Crippen LogP contribution in [0.25, 0.3) is 11.0 Å². The SMILES string of the molecule is Clc1nc2cccc3c2n1CCN3. The lowest BCUT2D eigenvalue weighted by atomic mass is 10.2. The zero-order valence-electron chi connectivity index (χ0n) is 6.92. The number of rotatable bonds is 0. The second-order valence-electron chi connectivity index (χ2n) is 3.13. The maximum absolute atomic E-state index is 6.00. The van der Waals surface area contributed by atoms with Gasteiger partial charge in [-0.25, -0.2) is 4.98 Å². The van der Waals surface area contributed by atoms with Crippen LogP contribution in [0, 0.1) is 0 Å². The van der Waals surface area contributed by atoms with E-state index in [4.69, 9.17) is 11.6 Å². The highest BCUT2D eigenvalue weighted by atomic mass is 35.5. The van der Waals surface area contributed by atoms with Crippen LogP contribution < -0.4 is 5.32 Å². The summed E-state index contributed by atoms with van der Waals surface area (Å²) in [7, 11) is 0. The van der Waals surface area contributed by atoms with Gasteiger partial charge in [0.15, 0.2) is 0 Å². The van der Waals surface area contributed by atoms with Gasteiger partial charge in [-0.15, -0.1) is 0 Å². The zero-order chi connectivity index (χ0) is 8.84. The van der Waals surface area contributed by atoms with Gasteiger partial charge >= 0.3 is 0 Å². The maximum atomic E-state index is 6.00. The molecule has 66 valence electrons. The molecule has 2 aromatic rings. The van der Waals surface area contributed by atoms with Crippen LogP contribution in [-0.4, -0.2) is 16.1 Å². The normalized spacial score (nSPS) is 14.5. The fourth-order valence-electron chi connectivity index (χ4n) is 1.81. The molecule has 1 N–H and O–H groups in total. The summed E-state index contributed by atoms with van der Waals surface area (Å²) in [5.41, 5.74) is 3.22. The molecule has 0 atom stereocenters. The Balaban J connectivity index is 2.51. The fourth-order valence-corrected chi connectivity index (χ4v) is 2.07. The molecule has 1 aromatic carbocycles. The molecule has 1 aliphatic heterocycles. The number of halogens is 1. The number of hydrogen-bond acceptors (Lipinski definition) is 2. The highest BCUT2D eigenvalue weighted by Crippen LogP contribution is 2.28. The Morgan fingerprint density at radius 1 is 1.46 bits per heavy atom. The fraction of sp³-hybridized carbons (Fsp3) is 0.222. The third kappa shape index (κ3) is 0.877. The summed E-state index contributed by atoms with van der Waals surface area (Å²) in [5, 5.41) is 3.91. The van der Waals surface area contributed by atoms with Crippen LogP contribution in [0.5, 0.6) is 0 Å². The standard InChI is InChI=1S/C9H8ClN3/c10-9-12-7-3-1-2-6-8(7)13(9)5-4-11-6/h1-3,11H,4-5H2. The van der Waals surface area contributed by atoms with Crippen molar-refractivity contribution in [1.82, 2.24) is 9.55 Å². The van der Waals surface area contributed by atoms with Crippen molar-refractivity contribution in [3.05, 3.63) is 23.5 Å². The van der Waals surface area contributed by atoms with E-state index in [1.807, 2.05) is 16.7 Å². The molecule has 1 aliphatic rings. The molecule has 0 unspecified atom stereocenters. The van der Waals surface area contributed by atoms with Crippen LogP contribution in [-0.2, 0) is 6.54 Å². The second kappa shape index (κ2) is 2.39. The van der Waals surface area contributed by atoms with Crippen molar-refractivity contribution in [3.8, 4) is 0 Å². The molecular weight excluding hydrogens is 186 g/mol. The number of para-hydroxylation sites is 1. The van der Waals surface area contributed by atoms with Gasteiger partial charge in [-0.3, -0.25) is 0 Å². The quantitative estimate of drug-likeness (QED) is 0.695. The minimum Gasteiger partial charge on any atom is -0.381 e. The van der Waals surface area contributed by atoms with Crippen LogP contribution in [0.3, 0.4) is 0 Å². The van der Waals surface area contributed by atoms with Crippen LogP contribution in [0.1, 0.15) is 0 Å². The molecule has 2 heterocycles. The highest BCUT2D eigenvalue weighted by Gasteiger charge is 2.15. The van der Waals surface area contributed by atoms with Crippen LogP contribution in [0.15, 0.2) is 18.2 Å². The summed E-state index contributed by atoms with van der Waals surface area (Å²) >= 11 is 6.00. The number of benzene rings is 1. The molecule has 0 fully saturated rings. The summed E-state index contributed by atoms with van der Waals surface area (Å²) in [4.78, 5) is 4.27. The molecule has 0 amide bonds. The van der Waals surface area contributed by atoms with Gasteiger partial charge in [0.05, 0.1) is 16.7 Å². The molecule has 3 rings (SSSR count). The molecule has 13 heavy (non-hydrogen) atoms. The Morgan fingerprint density at radius 3 is 3.31 bits per heavy atom. The monoisotopic (exact) mass is 193 g/mol. The molecule has 0 saturated heterocycles. The minimum atomic E-state index is 0.587. The van der Waals surface area contributed by atoms with E-state index < -0.39 is 0 Å². The molecule has 1 aromatic heterocycles. The van der Waals surface area contributed by atoms with Crippen molar-refractivity contribution in [3.63, 3.8) is 0 Å². The lowest BCUT2D eigenvalue weighted by Crippen LogP contribution is -2.16. The van der Waals surface area contributed by atoms with E-state index in [1.165, 1.54) is 0 Å². The van der Waals surface area contributed by atoms with Crippen molar-refractivity contribution in [2.24, 2.45) is 0 Å². The van der Waals surface area contributed by atoms with Gasteiger partial charge in [-0.05, 0) is 23.7 Å². The van der Waals surface area contributed by atoms with Crippen LogP contribution >= 0.6 is 11.6 Å². The first kappa shape index (κ1) is 7.21. The van der Waals surface area contributed by atoms with E-state index in [9.17, 15) is 0 Å². The van der Waals surface area contributed by atoms with Gasteiger partial charge in [0.2, 0.25) is 5.28 Å². The third-order valence-electron chi connectivity index (χ3n) is 2.37. The minimum absolute atomic E-state index is 0.587. The van der Waals surface area contributed by atoms with E-state index >= 15 is 0 Å². The summed E-state index contributed by atoms with van der Waals surface area (Å²) in [6.45, 7) is 1.81. The average Bonchev–Trinajstić information content (AvgIpc) is 2.47. The Morgan fingerprint density at radius 2 is 2.38 bits per heavy atom. The highest BCUT2D eigenvalue weighted by molar-refractivity contribution is 6.29. The Bertz CT molecular complexity index is 475. The Kier molecular flexibility index (Phi) is 1.32. The molecular formula is C9H8ClN3. The number of nitrogens with zero attached hydrogens (tertiary/aromatic N) is 2. The Hall–Kier alpha value is -1.22. The molecule has 0 saturated carbocycles. The van der Waals surface area contributed by atoms with Crippen molar-refractivity contribution < 1.29 is 0 Å². The first-order valence-corrected chi connectivity index (χ1v) is 4.63. The van der Waals surface area contributed by atoms with Gasteiger partial charge in [0.1, 0.15) is 0 Å². The molecule has 0 spiro atoms. The number of hydrogen-bond donors (Lipinski definition) is 1. The van der Waals surface area contributed by atoms with Gasteiger partial charge in [-0.2, -0.15) is 0 Å². The lowest BCUT2D eigenvalue weighted by Gasteiger charge is -2.16. The molecule has 3 nitrogen and oxygen atoms in total. The lowest BCUT2D eigenvalue weighted by molar-refractivity contribution is 0.735. The predicted molar refractivity (Wildman–Crippen MR) is 53.2 cm³/mol. The van der Waals surface area contributed by atoms with E-state index in [0.29, 0.717) is 5.28 Å².